The van der Waals surface area contributed by atoms with Crippen LogP contribution < -0.4 is 21.5 Å². The molecule has 1 atom stereocenters. The first-order valence-corrected chi connectivity index (χ1v) is 12.7. The van der Waals surface area contributed by atoms with Crippen LogP contribution in [0.25, 0.3) is 11.3 Å². The monoisotopic (exact) mass is 520 g/mol. The maximum atomic E-state index is 12.6. The van der Waals surface area contributed by atoms with Gasteiger partial charge < -0.3 is 26.6 Å². The highest BCUT2D eigenvalue weighted by molar-refractivity contribution is 6.03. The van der Waals surface area contributed by atoms with E-state index in [1.165, 1.54) is 7.11 Å². The first-order chi connectivity index (χ1) is 18.2. The van der Waals surface area contributed by atoms with Gasteiger partial charge in [0.15, 0.2) is 0 Å². The van der Waals surface area contributed by atoms with E-state index in [4.69, 9.17) is 21.3 Å². The number of benzene rings is 2. The molecule has 2 amide bonds. The lowest BCUT2D eigenvalue weighted by atomic mass is 9.84. The Morgan fingerprint density at radius 1 is 1.13 bits per heavy atom. The number of hydrogen-bond donors (Lipinski definition) is 4. The Kier molecular flexibility index (Phi) is 8.33. The molecule has 4 rings (SSSR count). The van der Waals surface area contributed by atoms with Gasteiger partial charge in [-0.05, 0) is 63.4 Å². The number of nitrogen functional groups attached to an aromatic ring is 1. The third kappa shape index (κ3) is 5.66. The van der Waals surface area contributed by atoms with Gasteiger partial charge >= 0.3 is 0 Å². The van der Waals surface area contributed by atoms with E-state index in [9.17, 15) is 14.7 Å². The number of methoxy groups -OCH3 is 1. The summed E-state index contributed by atoms with van der Waals surface area (Å²) in [6, 6.07) is 14.5. The number of aliphatic hydroxyl groups excluding tert-OH is 1. The topological polar surface area (TPSA) is 149 Å². The second-order valence-corrected chi connectivity index (χ2v) is 9.94. The average Bonchev–Trinajstić information content (AvgIpc) is 3.28. The number of ether oxygens (including phenoxy) is 1. The van der Waals surface area contributed by atoms with Crippen molar-refractivity contribution in [2.24, 2.45) is 11.7 Å². The lowest BCUT2D eigenvalue weighted by Crippen LogP contribution is -2.37. The maximum absolute atomic E-state index is 12.6. The number of nitrogens with two attached hydrogens (primary N) is 2. The van der Waals surface area contributed by atoms with Gasteiger partial charge in [0, 0.05) is 12.1 Å². The van der Waals surface area contributed by atoms with Gasteiger partial charge in [0.25, 0.3) is 11.8 Å². The number of aliphatic hydroxyl groups is 1. The minimum absolute atomic E-state index is 0.0249. The number of anilines is 1. The molecule has 1 heterocycles. The number of carbonyl (C=O) groups excluding carboxylic acids is 2. The molecule has 1 saturated carbocycles. The predicted octanol–water partition coefficient (Wildman–Crippen LogP) is 2.78. The molecule has 0 aliphatic heterocycles. The Labute approximate surface area is 222 Å². The Hall–Kier alpha value is -3.89. The number of amides is 2. The van der Waals surface area contributed by atoms with Crippen molar-refractivity contribution < 1.29 is 19.4 Å². The largest absolute Gasteiger partial charge is 0.496 e. The van der Waals surface area contributed by atoms with Crippen molar-refractivity contribution in [3.63, 3.8) is 0 Å². The fraction of sp³-hybridized carbons (Fsp3) is 0.393. The van der Waals surface area contributed by atoms with Gasteiger partial charge in [-0.25, -0.2) is 4.68 Å². The Bertz CT molecular complexity index is 1280. The minimum atomic E-state index is -0.631. The molecule has 3 aromatic rings. The average molecular weight is 521 g/mol. The molecule has 0 radical (unpaired) electrons. The fourth-order valence-corrected chi connectivity index (χ4v) is 5.13. The van der Waals surface area contributed by atoms with Crippen LogP contribution in [-0.4, -0.2) is 59.0 Å². The van der Waals surface area contributed by atoms with Crippen molar-refractivity contribution in [3.8, 4) is 17.0 Å². The quantitative estimate of drug-likeness (QED) is 0.317. The van der Waals surface area contributed by atoms with Crippen LogP contribution in [0.2, 0.25) is 0 Å². The second-order valence-electron chi connectivity index (χ2n) is 9.94. The van der Waals surface area contributed by atoms with Crippen molar-refractivity contribution in [1.29, 1.82) is 0 Å². The number of aromatic nitrogens is 2. The number of carbonyl (C=O) groups is 2. The Balaban J connectivity index is 1.48. The molecule has 1 aromatic heterocycles. The van der Waals surface area contributed by atoms with Gasteiger partial charge in [0.05, 0.1) is 18.7 Å². The van der Waals surface area contributed by atoms with Crippen molar-refractivity contribution >= 4 is 17.6 Å². The SMILES string of the molecule is COc1ccccc1C(=O)NCc1ccc(-c2nn(C3CCC(C(O)N(C)C)CC3)c(N)c2C(N)=O)cc1. The van der Waals surface area contributed by atoms with Gasteiger partial charge in [-0.2, -0.15) is 5.10 Å². The molecule has 10 heteroatoms. The summed E-state index contributed by atoms with van der Waals surface area (Å²) in [4.78, 5) is 26.8. The summed E-state index contributed by atoms with van der Waals surface area (Å²) in [5.41, 5.74) is 14.8. The molecule has 0 bridgehead atoms. The summed E-state index contributed by atoms with van der Waals surface area (Å²) in [6.07, 6.45) is 2.77. The van der Waals surface area contributed by atoms with Crippen molar-refractivity contribution in [2.75, 3.05) is 26.9 Å². The van der Waals surface area contributed by atoms with Crippen LogP contribution in [0.4, 0.5) is 5.82 Å². The van der Waals surface area contributed by atoms with E-state index in [1.807, 2.05) is 49.3 Å². The molecule has 2 aromatic carbocycles. The molecule has 10 nitrogen and oxygen atoms in total. The maximum Gasteiger partial charge on any atom is 0.255 e. The van der Waals surface area contributed by atoms with Crippen molar-refractivity contribution in [2.45, 2.75) is 44.5 Å². The molecular weight excluding hydrogens is 484 g/mol. The highest BCUT2D eigenvalue weighted by Crippen LogP contribution is 2.38. The van der Waals surface area contributed by atoms with Crippen LogP contribution in [0.5, 0.6) is 5.75 Å². The van der Waals surface area contributed by atoms with Crippen LogP contribution in [0.15, 0.2) is 48.5 Å². The van der Waals surface area contributed by atoms with Crippen LogP contribution in [0.3, 0.4) is 0 Å². The molecule has 6 N–H and O–H groups in total. The summed E-state index contributed by atoms with van der Waals surface area (Å²) in [7, 11) is 5.26. The van der Waals surface area contributed by atoms with E-state index in [2.05, 4.69) is 5.32 Å². The molecule has 1 aliphatic rings. The lowest BCUT2D eigenvalue weighted by molar-refractivity contribution is -0.0271. The standard InChI is InChI=1S/C28H36N6O4/c1-33(2)28(37)19-12-14-20(15-13-19)34-25(29)23(26(30)35)24(32-34)18-10-8-17(9-11-18)16-31-27(36)21-6-4-5-7-22(21)38-3/h4-11,19-20,28,37H,12-16,29H2,1-3H3,(H2,30,35)(H,31,36). The number of hydrogen-bond acceptors (Lipinski definition) is 7. The van der Waals surface area contributed by atoms with Crippen LogP contribution in [0, 0.1) is 5.92 Å². The zero-order valence-corrected chi connectivity index (χ0v) is 22.1. The molecular formula is C28H36N6O4. The van der Waals surface area contributed by atoms with Crippen molar-refractivity contribution in [1.82, 2.24) is 20.0 Å². The van der Waals surface area contributed by atoms with Crippen LogP contribution in [-0.2, 0) is 6.54 Å². The smallest absolute Gasteiger partial charge is 0.255 e. The first kappa shape index (κ1) is 27.2. The number of para-hydroxylation sites is 1. The van der Waals surface area contributed by atoms with Crippen LogP contribution in [0.1, 0.15) is 58.0 Å². The zero-order valence-electron chi connectivity index (χ0n) is 22.1. The summed E-state index contributed by atoms with van der Waals surface area (Å²) in [6.45, 7) is 0.318. The lowest BCUT2D eigenvalue weighted by Gasteiger charge is -2.34. The van der Waals surface area contributed by atoms with Gasteiger partial charge in [-0.15, -0.1) is 0 Å². The highest BCUT2D eigenvalue weighted by Gasteiger charge is 2.31. The van der Waals surface area contributed by atoms with E-state index in [1.54, 1.807) is 22.9 Å². The van der Waals surface area contributed by atoms with E-state index >= 15 is 0 Å². The zero-order chi connectivity index (χ0) is 27.4. The normalized spacial score (nSPS) is 18.2. The third-order valence-electron chi connectivity index (χ3n) is 7.26. The molecule has 202 valence electrons. The van der Waals surface area contributed by atoms with E-state index in [0.717, 1.165) is 31.2 Å². The van der Waals surface area contributed by atoms with Crippen LogP contribution >= 0.6 is 0 Å². The fourth-order valence-electron chi connectivity index (χ4n) is 5.13. The van der Waals surface area contributed by atoms with E-state index in [0.29, 0.717) is 29.1 Å². The van der Waals surface area contributed by atoms with Gasteiger partial charge in [0.1, 0.15) is 29.1 Å². The Morgan fingerprint density at radius 2 is 1.79 bits per heavy atom. The Morgan fingerprint density at radius 3 is 2.39 bits per heavy atom. The molecule has 1 fully saturated rings. The number of nitrogens with zero attached hydrogens (tertiary/aromatic N) is 3. The molecule has 1 aliphatic carbocycles. The molecule has 1 unspecified atom stereocenters. The molecule has 38 heavy (non-hydrogen) atoms. The summed E-state index contributed by atoms with van der Waals surface area (Å²) >= 11 is 0. The molecule has 0 saturated heterocycles. The van der Waals surface area contributed by atoms with Crippen molar-refractivity contribution in [3.05, 3.63) is 65.2 Å². The number of primary amides is 1. The van der Waals surface area contributed by atoms with Gasteiger partial charge in [-0.3, -0.25) is 14.5 Å². The van der Waals surface area contributed by atoms with E-state index in [-0.39, 0.29) is 29.2 Å². The number of rotatable bonds is 9. The highest BCUT2D eigenvalue weighted by atomic mass is 16.5. The summed E-state index contributed by atoms with van der Waals surface area (Å²) in [5.74, 6) is 0.0896. The van der Waals surface area contributed by atoms with Gasteiger partial charge in [-0.1, -0.05) is 36.4 Å². The minimum Gasteiger partial charge on any atom is -0.496 e. The summed E-state index contributed by atoms with van der Waals surface area (Å²) in [5, 5.41) is 18.0. The second kappa shape index (κ2) is 11.7. The number of nitrogens with one attached hydrogen (secondary N) is 1. The van der Waals surface area contributed by atoms with E-state index < -0.39 is 12.1 Å². The third-order valence-corrected chi connectivity index (χ3v) is 7.26. The predicted molar refractivity (Wildman–Crippen MR) is 145 cm³/mol. The first-order valence-electron chi connectivity index (χ1n) is 12.7. The summed E-state index contributed by atoms with van der Waals surface area (Å²) < 4.78 is 6.98. The van der Waals surface area contributed by atoms with Gasteiger partial charge in [0.2, 0.25) is 0 Å². The molecule has 0 spiro atoms.